The van der Waals surface area contributed by atoms with Crippen molar-refractivity contribution in [2.75, 3.05) is 11.9 Å². The molecule has 0 aliphatic rings. The number of aliphatic hydroxyl groups is 1. The first-order chi connectivity index (χ1) is 9.76. The lowest BCUT2D eigenvalue weighted by molar-refractivity contribution is -0.114. The van der Waals surface area contributed by atoms with E-state index in [1.165, 1.54) is 25.1 Å². The van der Waals surface area contributed by atoms with Crippen LogP contribution in [0.2, 0.25) is 0 Å². The number of carbonyl (C=O) groups is 1. The van der Waals surface area contributed by atoms with Gasteiger partial charge in [0.15, 0.2) is 0 Å². The molecule has 21 heavy (non-hydrogen) atoms. The second-order valence-electron chi connectivity index (χ2n) is 4.62. The Morgan fingerprint density at radius 3 is 2.62 bits per heavy atom. The smallest absolute Gasteiger partial charge is 0.240 e. The van der Waals surface area contributed by atoms with E-state index in [1.807, 2.05) is 6.92 Å². The van der Waals surface area contributed by atoms with Gasteiger partial charge in [-0.1, -0.05) is 13.3 Å². The first kappa shape index (κ1) is 18.1. The summed E-state index contributed by atoms with van der Waals surface area (Å²) < 4.78 is 27.0. The molecule has 1 aromatic rings. The zero-order valence-electron chi connectivity index (χ0n) is 11.9. The van der Waals surface area contributed by atoms with E-state index in [0.29, 0.717) is 16.6 Å². The molecule has 1 aromatic carbocycles. The molecule has 118 valence electrons. The van der Waals surface area contributed by atoms with Crippen LogP contribution < -0.4 is 10.0 Å². The summed E-state index contributed by atoms with van der Waals surface area (Å²) in [5.74, 6) is -0.243. The Kier molecular flexibility index (Phi) is 6.79. The van der Waals surface area contributed by atoms with Crippen molar-refractivity contribution >= 4 is 37.5 Å². The van der Waals surface area contributed by atoms with Crippen LogP contribution in [0, 0.1) is 0 Å². The second kappa shape index (κ2) is 7.88. The van der Waals surface area contributed by atoms with Gasteiger partial charge in [0.2, 0.25) is 15.9 Å². The Labute approximate surface area is 133 Å². The summed E-state index contributed by atoms with van der Waals surface area (Å²) in [6.45, 7) is 3.25. The van der Waals surface area contributed by atoms with Gasteiger partial charge in [-0.15, -0.1) is 0 Å². The predicted octanol–water partition coefficient (Wildman–Crippen LogP) is 1.85. The molecule has 0 fully saturated rings. The fraction of sp³-hybridized carbons (Fsp3) is 0.462. The van der Waals surface area contributed by atoms with Crippen molar-refractivity contribution in [2.45, 2.75) is 37.7 Å². The summed E-state index contributed by atoms with van der Waals surface area (Å²) in [7, 11) is -3.69. The molecule has 3 N–H and O–H groups in total. The van der Waals surface area contributed by atoms with Crippen LogP contribution in [-0.4, -0.2) is 32.1 Å². The topological polar surface area (TPSA) is 95.5 Å². The molecule has 0 aromatic heterocycles. The molecule has 0 radical (unpaired) electrons. The standard InChI is InChI=1S/C13H19BrN2O4S/c1-3-4-10(18)8-15-21(19,20)11-5-6-13(12(14)7-11)16-9(2)17/h5-7,10,15,18H,3-4,8H2,1-2H3,(H,16,17)/t10-/m1/s1. The van der Waals surface area contributed by atoms with Crippen LogP contribution in [0.1, 0.15) is 26.7 Å². The van der Waals surface area contributed by atoms with E-state index in [0.717, 1.165) is 6.42 Å². The van der Waals surface area contributed by atoms with Gasteiger partial charge in [0.1, 0.15) is 0 Å². The highest BCUT2D eigenvalue weighted by Crippen LogP contribution is 2.25. The van der Waals surface area contributed by atoms with Gasteiger partial charge in [-0.25, -0.2) is 13.1 Å². The van der Waals surface area contributed by atoms with Gasteiger partial charge >= 0.3 is 0 Å². The molecule has 0 aliphatic heterocycles. The van der Waals surface area contributed by atoms with E-state index in [-0.39, 0.29) is 17.3 Å². The van der Waals surface area contributed by atoms with Gasteiger partial charge in [-0.3, -0.25) is 4.79 Å². The normalized spacial score (nSPS) is 13.0. The molecule has 8 heteroatoms. The molecular formula is C13H19BrN2O4S. The average Bonchev–Trinajstić information content (AvgIpc) is 2.39. The van der Waals surface area contributed by atoms with E-state index < -0.39 is 16.1 Å². The number of aliphatic hydroxyl groups excluding tert-OH is 1. The second-order valence-corrected chi connectivity index (χ2v) is 7.24. The van der Waals surface area contributed by atoms with Gasteiger partial charge in [0, 0.05) is 17.9 Å². The maximum atomic E-state index is 12.1. The number of sulfonamides is 1. The average molecular weight is 379 g/mol. The van der Waals surface area contributed by atoms with Crippen molar-refractivity contribution in [3.05, 3.63) is 22.7 Å². The summed E-state index contributed by atoms with van der Waals surface area (Å²) in [6, 6.07) is 4.30. The minimum atomic E-state index is -3.69. The Morgan fingerprint density at radius 2 is 2.10 bits per heavy atom. The van der Waals surface area contributed by atoms with Crippen molar-refractivity contribution in [1.29, 1.82) is 0 Å². The molecule has 0 bridgehead atoms. The summed E-state index contributed by atoms with van der Waals surface area (Å²) in [5.41, 5.74) is 0.493. The number of halogens is 1. The van der Waals surface area contributed by atoms with Crippen LogP contribution >= 0.6 is 15.9 Å². The van der Waals surface area contributed by atoms with E-state index in [4.69, 9.17) is 0 Å². The largest absolute Gasteiger partial charge is 0.392 e. The number of anilines is 1. The SMILES string of the molecule is CCC[C@@H](O)CNS(=O)(=O)c1ccc(NC(C)=O)c(Br)c1. The first-order valence-electron chi connectivity index (χ1n) is 6.51. The van der Waals surface area contributed by atoms with Gasteiger partial charge in [-0.05, 0) is 40.5 Å². The number of carbonyl (C=O) groups excluding carboxylic acids is 1. The fourth-order valence-corrected chi connectivity index (χ4v) is 3.41. The van der Waals surface area contributed by atoms with Crippen molar-refractivity contribution < 1.29 is 18.3 Å². The molecule has 0 saturated heterocycles. The molecule has 1 amide bonds. The van der Waals surface area contributed by atoms with Crippen LogP contribution in [0.15, 0.2) is 27.6 Å². The van der Waals surface area contributed by atoms with E-state index in [9.17, 15) is 18.3 Å². The van der Waals surface area contributed by atoms with Crippen LogP contribution in [0.3, 0.4) is 0 Å². The fourth-order valence-electron chi connectivity index (χ4n) is 1.68. The highest BCUT2D eigenvalue weighted by molar-refractivity contribution is 9.10. The van der Waals surface area contributed by atoms with Gasteiger partial charge in [0.05, 0.1) is 16.7 Å². The van der Waals surface area contributed by atoms with Crippen molar-refractivity contribution in [2.24, 2.45) is 0 Å². The predicted molar refractivity (Wildman–Crippen MR) is 84.5 cm³/mol. The van der Waals surface area contributed by atoms with E-state index in [2.05, 4.69) is 26.0 Å². The van der Waals surface area contributed by atoms with Gasteiger partial charge in [-0.2, -0.15) is 0 Å². The lowest BCUT2D eigenvalue weighted by atomic mass is 10.2. The number of nitrogens with one attached hydrogen (secondary N) is 2. The minimum Gasteiger partial charge on any atom is -0.392 e. The Hall–Kier alpha value is -0.960. The number of benzene rings is 1. The third-order valence-corrected chi connectivity index (χ3v) is 4.77. The highest BCUT2D eigenvalue weighted by Gasteiger charge is 2.17. The maximum absolute atomic E-state index is 12.1. The molecular weight excluding hydrogens is 360 g/mol. The molecule has 6 nitrogen and oxygen atoms in total. The van der Waals surface area contributed by atoms with E-state index in [1.54, 1.807) is 0 Å². The molecule has 0 spiro atoms. The Bertz CT molecular complexity index is 604. The molecule has 1 rings (SSSR count). The van der Waals surface area contributed by atoms with Gasteiger partial charge in [0.25, 0.3) is 0 Å². The quantitative estimate of drug-likeness (QED) is 0.674. The van der Waals surface area contributed by atoms with Crippen LogP contribution in [0.5, 0.6) is 0 Å². The molecule has 0 saturated carbocycles. The monoisotopic (exact) mass is 378 g/mol. The lowest BCUT2D eigenvalue weighted by Gasteiger charge is -2.12. The summed E-state index contributed by atoms with van der Waals surface area (Å²) in [4.78, 5) is 11.1. The zero-order valence-corrected chi connectivity index (χ0v) is 14.3. The maximum Gasteiger partial charge on any atom is 0.240 e. The third kappa shape index (κ3) is 5.74. The number of hydrogen-bond acceptors (Lipinski definition) is 4. The lowest BCUT2D eigenvalue weighted by Crippen LogP contribution is -2.32. The van der Waals surface area contributed by atoms with Crippen molar-refractivity contribution in [3.8, 4) is 0 Å². The number of amides is 1. The molecule has 0 aliphatic carbocycles. The Balaban J connectivity index is 2.84. The van der Waals surface area contributed by atoms with Crippen molar-refractivity contribution in [3.63, 3.8) is 0 Å². The number of hydrogen-bond donors (Lipinski definition) is 3. The summed E-state index contributed by atoms with van der Waals surface area (Å²) >= 11 is 3.22. The zero-order chi connectivity index (χ0) is 16.0. The summed E-state index contributed by atoms with van der Waals surface area (Å²) in [5, 5.41) is 12.2. The van der Waals surface area contributed by atoms with Crippen molar-refractivity contribution in [1.82, 2.24) is 4.72 Å². The molecule has 0 unspecified atom stereocenters. The Morgan fingerprint density at radius 1 is 1.43 bits per heavy atom. The van der Waals surface area contributed by atoms with E-state index >= 15 is 0 Å². The van der Waals surface area contributed by atoms with Crippen LogP contribution in [-0.2, 0) is 14.8 Å². The molecule has 1 atom stereocenters. The van der Waals surface area contributed by atoms with Crippen LogP contribution in [0.4, 0.5) is 5.69 Å². The molecule has 0 heterocycles. The third-order valence-electron chi connectivity index (χ3n) is 2.69. The first-order valence-corrected chi connectivity index (χ1v) is 8.78. The van der Waals surface area contributed by atoms with Crippen LogP contribution in [0.25, 0.3) is 0 Å². The number of rotatable bonds is 7. The highest BCUT2D eigenvalue weighted by atomic mass is 79.9. The minimum absolute atomic E-state index is 0.0265. The summed E-state index contributed by atoms with van der Waals surface area (Å²) in [6.07, 6.45) is 0.611. The van der Waals surface area contributed by atoms with Gasteiger partial charge < -0.3 is 10.4 Å².